The van der Waals surface area contributed by atoms with Crippen LogP contribution in [0.4, 0.5) is 4.79 Å². The minimum Gasteiger partial charge on any atom is -0.493 e. The van der Waals surface area contributed by atoms with Gasteiger partial charge >= 0.3 is 6.03 Å². The summed E-state index contributed by atoms with van der Waals surface area (Å²) in [7, 11) is 4.84. The Bertz CT molecular complexity index is 1200. The van der Waals surface area contributed by atoms with Gasteiger partial charge in [0.05, 0.1) is 26.0 Å². The van der Waals surface area contributed by atoms with Crippen molar-refractivity contribution < 1.29 is 14.3 Å². The summed E-state index contributed by atoms with van der Waals surface area (Å²) in [4.78, 5) is 16.9. The number of pyridine rings is 1. The van der Waals surface area contributed by atoms with Gasteiger partial charge in [-0.15, -0.1) is 0 Å². The predicted octanol–water partition coefficient (Wildman–Crippen LogP) is 4.41. The maximum absolute atomic E-state index is 12.6. The number of nitrogens with zero attached hydrogens (tertiary/aromatic N) is 3. The molecule has 1 unspecified atom stereocenters. The van der Waals surface area contributed by atoms with E-state index in [-0.39, 0.29) is 12.1 Å². The van der Waals surface area contributed by atoms with Gasteiger partial charge in [0.25, 0.3) is 0 Å². The summed E-state index contributed by atoms with van der Waals surface area (Å²) >= 11 is 0. The van der Waals surface area contributed by atoms with Crippen LogP contribution in [0.2, 0.25) is 0 Å². The van der Waals surface area contributed by atoms with E-state index in [1.165, 1.54) is 5.01 Å². The molecule has 7 nitrogen and oxygen atoms in total. The lowest BCUT2D eigenvalue weighted by Crippen LogP contribution is -2.41. The molecule has 4 rings (SSSR count). The molecule has 0 saturated carbocycles. The van der Waals surface area contributed by atoms with E-state index in [0.29, 0.717) is 23.6 Å². The van der Waals surface area contributed by atoms with E-state index in [2.05, 4.69) is 16.4 Å². The van der Waals surface area contributed by atoms with Crippen LogP contribution in [0.3, 0.4) is 0 Å². The van der Waals surface area contributed by atoms with Crippen LogP contribution in [-0.2, 0) is 6.42 Å². The average Bonchev–Trinajstić information content (AvgIpc) is 2.98. The Morgan fingerprint density at radius 2 is 1.67 bits per heavy atom. The third-order valence-corrected chi connectivity index (χ3v) is 5.79. The third-order valence-electron chi connectivity index (χ3n) is 5.79. The van der Waals surface area contributed by atoms with E-state index in [1.54, 1.807) is 21.3 Å². The number of ether oxygens (including phenoxy) is 2. The van der Waals surface area contributed by atoms with Crippen LogP contribution in [0, 0.1) is 6.92 Å². The van der Waals surface area contributed by atoms with Gasteiger partial charge in [-0.1, -0.05) is 24.3 Å². The summed E-state index contributed by atoms with van der Waals surface area (Å²) in [5, 5.41) is 9.02. The summed E-state index contributed by atoms with van der Waals surface area (Å²) in [5.41, 5.74) is 6.77. The number of rotatable bonds is 4. The number of hydrogen-bond donors (Lipinski definition) is 1. The number of fused-ring (bicyclic) bond motifs is 1. The molecular formula is C26H28N4O3. The summed E-state index contributed by atoms with van der Waals surface area (Å²) in [6.07, 6.45) is 4.32. The van der Waals surface area contributed by atoms with Gasteiger partial charge in [0.15, 0.2) is 11.5 Å². The van der Waals surface area contributed by atoms with Crippen LogP contribution < -0.4 is 14.8 Å². The number of carbonyl (C=O) groups excluding carboxylic acids is 1. The Labute approximate surface area is 194 Å². The summed E-state index contributed by atoms with van der Waals surface area (Å²) in [6.45, 7) is 4.01. The lowest BCUT2D eigenvalue weighted by molar-refractivity contribution is 0.184. The monoisotopic (exact) mass is 444 g/mol. The molecule has 2 heterocycles. The number of aryl methyl sites for hydroxylation is 1. The molecule has 0 bridgehead atoms. The van der Waals surface area contributed by atoms with Gasteiger partial charge < -0.3 is 14.8 Å². The highest BCUT2D eigenvalue weighted by molar-refractivity contribution is 6.14. The zero-order valence-electron chi connectivity index (χ0n) is 19.5. The van der Waals surface area contributed by atoms with E-state index in [1.807, 2.05) is 62.6 Å². The molecule has 1 N–H and O–H groups in total. The molecule has 0 aliphatic carbocycles. The molecule has 0 radical (unpaired) electrons. The quantitative estimate of drug-likeness (QED) is 0.647. The third kappa shape index (κ3) is 4.39. The second kappa shape index (κ2) is 9.32. The van der Waals surface area contributed by atoms with Crippen molar-refractivity contribution in [1.29, 1.82) is 0 Å². The van der Waals surface area contributed by atoms with E-state index in [0.717, 1.165) is 33.4 Å². The smallest absolute Gasteiger partial charge is 0.337 e. The standard InChI is InChI=1S/C26H28N4O3/c1-16-10-21(15-28-14-16)18-6-8-19(9-7-18)25-22-13-24(33-5)23(32-4)12-20(22)11-17(2)30(29-25)26(31)27-3/h6-10,12-15,17H,11H2,1-5H3,(H,27,31). The van der Waals surface area contributed by atoms with E-state index < -0.39 is 0 Å². The fourth-order valence-corrected chi connectivity index (χ4v) is 4.08. The summed E-state index contributed by atoms with van der Waals surface area (Å²) in [6, 6.07) is 13.8. The van der Waals surface area contributed by atoms with Gasteiger partial charge in [-0.3, -0.25) is 4.98 Å². The number of methoxy groups -OCH3 is 2. The lowest BCUT2D eigenvalue weighted by Gasteiger charge is -2.22. The zero-order chi connectivity index (χ0) is 23.5. The normalized spacial score (nSPS) is 15.2. The molecular weight excluding hydrogens is 416 g/mol. The van der Waals surface area contributed by atoms with Crippen molar-refractivity contribution in [2.75, 3.05) is 21.3 Å². The van der Waals surface area contributed by atoms with Gasteiger partial charge in [-0.05, 0) is 55.2 Å². The lowest BCUT2D eigenvalue weighted by atomic mass is 9.93. The zero-order valence-corrected chi connectivity index (χ0v) is 19.5. The Balaban J connectivity index is 1.85. The van der Waals surface area contributed by atoms with Crippen LogP contribution in [-0.4, -0.2) is 49.0 Å². The molecule has 1 aliphatic rings. The molecule has 170 valence electrons. The number of hydrogen-bond acceptors (Lipinski definition) is 5. The minimum atomic E-state index is -0.255. The number of nitrogens with one attached hydrogen (secondary N) is 1. The van der Waals surface area contributed by atoms with Crippen molar-refractivity contribution in [2.45, 2.75) is 26.3 Å². The van der Waals surface area contributed by atoms with Crippen LogP contribution in [0.15, 0.2) is 60.0 Å². The first-order valence-electron chi connectivity index (χ1n) is 10.8. The van der Waals surface area contributed by atoms with Crippen LogP contribution in [0.5, 0.6) is 11.5 Å². The van der Waals surface area contributed by atoms with Gasteiger partial charge in [0, 0.05) is 36.1 Å². The fourth-order valence-electron chi connectivity index (χ4n) is 4.08. The number of urea groups is 1. The molecule has 3 aromatic rings. The van der Waals surface area contributed by atoms with Crippen molar-refractivity contribution in [3.8, 4) is 22.6 Å². The summed E-state index contributed by atoms with van der Waals surface area (Å²) in [5.74, 6) is 1.27. The van der Waals surface area contributed by atoms with Crippen molar-refractivity contribution in [1.82, 2.24) is 15.3 Å². The minimum absolute atomic E-state index is 0.142. The van der Waals surface area contributed by atoms with Gasteiger partial charge in [-0.2, -0.15) is 5.10 Å². The number of aromatic nitrogens is 1. The molecule has 33 heavy (non-hydrogen) atoms. The molecule has 1 aromatic heterocycles. The fraction of sp³-hybridized carbons (Fsp3) is 0.269. The maximum atomic E-state index is 12.6. The van der Waals surface area contributed by atoms with Crippen LogP contribution in [0.25, 0.3) is 11.1 Å². The molecule has 0 spiro atoms. The highest BCUT2D eigenvalue weighted by Crippen LogP contribution is 2.35. The number of carbonyl (C=O) groups is 1. The SMILES string of the molecule is CNC(=O)N1N=C(c2ccc(-c3cncc(C)c3)cc2)c2cc(OC)c(OC)cc2CC1C. The highest BCUT2D eigenvalue weighted by atomic mass is 16.5. The molecule has 1 atom stereocenters. The molecule has 2 amide bonds. The highest BCUT2D eigenvalue weighted by Gasteiger charge is 2.28. The maximum Gasteiger partial charge on any atom is 0.337 e. The Kier molecular flexibility index (Phi) is 6.31. The topological polar surface area (TPSA) is 76.1 Å². The van der Waals surface area contributed by atoms with Gasteiger partial charge in [0.2, 0.25) is 0 Å². The van der Waals surface area contributed by atoms with Gasteiger partial charge in [0.1, 0.15) is 0 Å². The molecule has 1 aliphatic heterocycles. The van der Waals surface area contributed by atoms with Crippen molar-refractivity contribution in [3.63, 3.8) is 0 Å². The van der Waals surface area contributed by atoms with E-state index in [4.69, 9.17) is 14.6 Å². The Hall–Kier alpha value is -3.87. The average molecular weight is 445 g/mol. The van der Waals surface area contributed by atoms with Crippen molar-refractivity contribution >= 4 is 11.7 Å². The van der Waals surface area contributed by atoms with Crippen molar-refractivity contribution in [2.24, 2.45) is 5.10 Å². The molecule has 0 saturated heterocycles. The molecule has 2 aromatic carbocycles. The van der Waals surface area contributed by atoms with Gasteiger partial charge in [-0.25, -0.2) is 9.80 Å². The van der Waals surface area contributed by atoms with Crippen LogP contribution in [0.1, 0.15) is 29.2 Å². The molecule has 0 fully saturated rings. The summed E-state index contributed by atoms with van der Waals surface area (Å²) < 4.78 is 11.1. The van der Waals surface area contributed by atoms with Crippen molar-refractivity contribution in [3.05, 3.63) is 77.1 Å². The van der Waals surface area contributed by atoms with E-state index in [9.17, 15) is 4.79 Å². The molecule has 7 heteroatoms. The van der Waals surface area contributed by atoms with E-state index >= 15 is 0 Å². The second-order valence-corrected chi connectivity index (χ2v) is 8.09. The number of benzene rings is 2. The first-order valence-corrected chi connectivity index (χ1v) is 10.8. The number of hydrazone groups is 1. The first-order chi connectivity index (χ1) is 15.9. The number of amides is 2. The van der Waals surface area contributed by atoms with Crippen LogP contribution >= 0.6 is 0 Å². The largest absolute Gasteiger partial charge is 0.493 e. The Morgan fingerprint density at radius 3 is 2.30 bits per heavy atom. The Morgan fingerprint density at radius 1 is 1.00 bits per heavy atom. The predicted molar refractivity (Wildman–Crippen MR) is 129 cm³/mol. The second-order valence-electron chi connectivity index (χ2n) is 8.09. The first kappa shape index (κ1) is 22.3.